The minimum Gasteiger partial charge on any atom is -0.289 e. The van der Waals surface area contributed by atoms with Gasteiger partial charge in [-0.05, 0) is 6.07 Å². The predicted molar refractivity (Wildman–Crippen MR) is 69.5 cm³/mol. The lowest BCUT2D eigenvalue weighted by atomic mass is 9.84. The number of ketones is 2. The molecule has 3 rings (SSSR count). The third-order valence-electron chi connectivity index (χ3n) is 3.12. The van der Waals surface area contributed by atoms with E-state index in [2.05, 4.69) is 4.98 Å². The zero-order chi connectivity index (χ0) is 13.6. The van der Waals surface area contributed by atoms with Gasteiger partial charge in [0.05, 0.1) is 5.56 Å². The third kappa shape index (κ3) is 1.49. The lowest BCUT2D eigenvalue weighted by Crippen LogP contribution is -2.21. The number of halogens is 1. The molecule has 0 aliphatic heterocycles. The summed E-state index contributed by atoms with van der Waals surface area (Å²) in [6.45, 7) is 0. The molecule has 0 N–H and O–H groups in total. The summed E-state index contributed by atoms with van der Waals surface area (Å²) < 4.78 is 0. The van der Waals surface area contributed by atoms with Crippen molar-refractivity contribution in [1.82, 2.24) is 0 Å². The van der Waals surface area contributed by atoms with E-state index in [9.17, 15) is 9.59 Å². The Kier molecular flexibility index (Phi) is 2.44. The summed E-state index contributed by atoms with van der Waals surface area (Å²) in [7, 11) is 0. The van der Waals surface area contributed by atoms with E-state index >= 15 is 0 Å². The normalized spacial score (nSPS) is 12.6. The van der Waals surface area contributed by atoms with Crippen molar-refractivity contribution in [2.24, 2.45) is 0 Å². The van der Waals surface area contributed by atoms with E-state index in [4.69, 9.17) is 17.0 Å². The van der Waals surface area contributed by atoms with Crippen LogP contribution in [0.4, 0.5) is 5.69 Å². The molecule has 2 aromatic carbocycles. The van der Waals surface area contributed by atoms with Gasteiger partial charge in [-0.15, -0.1) is 0 Å². The van der Waals surface area contributed by atoms with Crippen LogP contribution in [0.5, 0.6) is 0 Å². The molecule has 90 valence electrons. The maximum Gasteiger partial charge on any atom is 0.404 e. The molecule has 0 fully saturated rings. The second-order valence-corrected chi connectivity index (χ2v) is 4.50. The number of benzene rings is 2. The van der Waals surface area contributed by atoms with Gasteiger partial charge in [0.25, 0.3) is 0 Å². The summed E-state index contributed by atoms with van der Waals surface area (Å²) in [6.07, 6.45) is 0. The molecule has 0 spiro atoms. The van der Waals surface area contributed by atoms with Crippen molar-refractivity contribution < 1.29 is 9.59 Å². The zero-order valence-electron chi connectivity index (χ0n) is 9.55. The van der Waals surface area contributed by atoms with Crippen molar-refractivity contribution in [1.29, 1.82) is 5.39 Å². The lowest BCUT2D eigenvalue weighted by Gasteiger charge is -2.16. The van der Waals surface area contributed by atoms with Gasteiger partial charge in [0.2, 0.25) is 5.39 Å². The van der Waals surface area contributed by atoms with Gasteiger partial charge in [-0.25, -0.2) is 0 Å². The quantitative estimate of drug-likeness (QED) is 0.586. The first-order chi connectivity index (χ1) is 9.15. The summed E-state index contributed by atoms with van der Waals surface area (Å²) in [6, 6.07) is 9.43. The highest BCUT2D eigenvalue weighted by molar-refractivity contribution is 6.41. The highest BCUT2D eigenvalue weighted by Crippen LogP contribution is 2.37. The van der Waals surface area contributed by atoms with Gasteiger partial charge in [-0.2, -0.15) is 0 Å². The maximum absolute atomic E-state index is 12.4. The van der Waals surface area contributed by atoms with Crippen molar-refractivity contribution in [3.8, 4) is 0 Å². The first kappa shape index (κ1) is 11.6. The van der Waals surface area contributed by atoms with E-state index in [1.54, 1.807) is 24.3 Å². The minimum atomic E-state index is -0.333. The zero-order valence-corrected chi connectivity index (χ0v) is 10.3. The monoisotopic (exact) mass is 269 g/mol. The van der Waals surface area contributed by atoms with Gasteiger partial charge in [-0.3, -0.25) is 9.59 Å². The van der Waals surface area contributed by atoms with Crippen LogP contribution in [0.2, 0.25) is 5.02 Å². The SMILES string of the molecule is N#[N+]c1ccc2c(c1Cl)C(=O)c1ccccc1C2=O. The number of hydrogen-bond acceptors (Lipinski definition) is 3. The Balaban J connectivity index is 2.37. The van der Waals surface area contributed by atoms with E-state index in [1.165, 1.54) is 12.1 Å². The predicted octanol–water partition coefficient (Wildman–Crippen LogP) is 3.60. The van der Waals surface area contributed by atoms with E-state index in [0.29, 0.717) is 11.1 Å². The fourth-order valence-corrected chi connectivity index (χ4v) is 2.50. The molecule has 0 atom stereocenters. The Labute approximate surface area is 113 Å². The standard InChI is InChI=1S/C14H6ClN2O2/c15-12-10(17-16)6-5-9-11(12)14(19)8-4-2-1-3-7(8)13(9)18/h1-6H/q+1. The lowest BCUT2D eigenvalue weighted by molar-refractivity contribution is 0.0979. The van der Waals surface area contributed by atoms with Crippen molar-refractivity contribution in [3.63, 3.8) is 0 Å². The average molecular weight is 270 g/mol. The van der Waals surface area contributed by atoms with E-state index in [-0.39, 0.29) is 33.4 Å². The van der Waals surface area contributed by atoms with Crippen LogP contribution in [0, 0.1) is 5.39 Å². The highest BCUT2D eigenvalue weighted by atomic mass is 35.5. The van der Waals surface area contributed by atoms with E-state index < -0.39 is 0 Å². The number of carbonyl (C=O) groups is 2. The van der Waals surface area contributed by atoms with Crippen molar-refractivity contribution in [2.45, 2.75) is 0 Å². The van der Waals surface area contributed by atoms with Crippen molar-refractivity contribution in [2.75, 3.05) is 0 Å². The average Bonchev–Trinajstić information content (AvgIpc) is 2.44. The molecule has 0 unspecified atom stereocenters. The molecule has 19 heavy (non-hydrogen) atoms. The second kappa shape index (κ2) is 4.01. The minimum absolute atomic E-state index is 0.00662. The molecular weight excluding hydrogens is 264 g/mol. The molecule has 0 aromatic heterocycles. The van der Waals surface area contributed by atoms with Crippen LogP contribution in [0.1, 0.15) is 31.8 Å². The molecule has 0 radical (unpaired) electrons. The maximum atomic E-state index is 12.4. The molecule has 1 aliphatic carbocycles. The van der Waals surface area contributed by atoms with Crippen LogP contribution >= 0.6 is 11.6 Å². The van der Waals surface area contributed by atoms with Crippen molar-refractivity contribution >= 4 is 28.9 Å². The van der Waals surface area contributed by atoms with Crippen LogP contribution in [-0.2, 0) is 0 Å². The summed E-state index contributed by atoms with van der Waals surface area (Å²) in [5.41, 5.74) is 1.09. The molecule has 0 bridgehead atoms. The van der Waals surface area contributed by atoms with Gasteiger partial charge in [0.1, 0.15) is 5.02 Å². The number of hydrogen-bond donors (Lipinski definition) is 0. The van der Waals surface area contributed by atoms with Gasteiger partial charge in [-0.1, -0.05) is 35.9 Å². The Morgan fingerprint density at radius 1 is 0.895 bits per heavy atom. The first-order valence-corrected chi connectivity index (χ1v) is 5.89. The molecule has 0 saturated heterocycles. The largest absolute Gasteiger partial charge is 0.404 e. The molecule has 4 nitrogen and oxygen atoms in total. The van der Waals surface area contributed by atoms with Gasteiger partial charge >= 0.3 is 5.69 Å². The summed E-state index contributed by atoms with van der Waals surface area (Å²) in [4.78, 5) is 27.7. The van der Waals surface area contributed by atoms with Crippen LogP contribution < -0.4 is 0 Å². The number of carbonyl (C=O) groups excluding carboxylic acids is 2. The van der Waals surface area contributed by atoms with Crippen molar-refractivity contribution in [3.05, 3.63) is 68.7 Å². The fourth-order valence-electron chi connectivity index (χ4n) is 2.21. The molecule has 1 aliphatic rings. The summed E-state index contributed by atoms with van der Waals surface area (Å²) >= 11 is 6.03. The number of fused-ring (bicyclic) bond motifs is 2. The number of diazo groups is 1. The third-order valence-corrected chi connectivity index (χ3v) is 3.50. The molecular formula is C14H6ClN2O2+. The topological polar surface area (TPSA) is 62.3 Å². The Morgan fingerprint density at radius 3 is 2.16 bits per heavy atom. The summed E-state index contributed by atoms with van der Waals surface area (Å²) in [5, 5.41) is 8.81. The number of nitrogens with zero attached hydrogens (tertiary/aromatic N) is 2. The molecule has 0 heterocycles. The molecule has 0 saturated carbocycles. The summed E-state index contributed by atoms with van der Waals surface area (Å²) in [5.74, 6) is -0.586. The van der Waals surface area contributed by atoms with Crippen LogP contribution in [-0.4, -0.2) is 11.6 Å². The van der Waals surface area contributed by atoms with Gasteiger partial charge in [0.15, 0.2) is 16.5 Å². The molecule has 5 heteroatoms. The molecule has 2 aromatic rings. The Hall–Kier alpha value is -2.51. The first-order valence-electron chi connectivity index (χ1n) is 5.51. The fraction of sp³-hybridized carbons (Fsp3) is 0. The molecule has 0 amide bonds. The van der Waals surface area contributed by atoms with Crippen LogP contribution in [0.3, 0.4) is 0 Å². The second-order valence-electron chi connectivity index (χ2n) is 4.13. The Bertz CT molecular complexity index is 791. The number of rotatable bonds is 0. The highest BCUT2D eigenvalue weighted by Gasteiger charge is 2.34. The van der Waals surface area contributed by atoms with E-state index in [0.717, 1.165) is 0 Å². The van der Waals surface area contributed by atoms with Crippen LogP contribution in [0.25, 0.3) is 4.98 Å². The van der Waals surface area contributed by atoms with Gasteiger partial charge < -0.3 is 0 Å². The smallest absolute Gasteiger partial charge is 0.289 e. The van der Waals surface area contributed by atoms with Crippen LogP contribution in [0.15, 0.2) is 36.4 Å². The van der Waals surface area contributed by atoms with Gasteiger partial charge in [0, 0.05) is 22.8 Å². The Morgan fingerprint density at radius 2 is 1.53 bits per heavy atom. The van der Waals surface area contributed by atoms with E-state index in [1.807, 2.05) is 0 Å².